The summed E-state index contributed by atoms with van der Waals surface area (Å²) >= 11 is 6.18. The average molecular weight is 368 g/mol. The van der Waals surface area contributed by atoms with E-state index in [-0.39, 0.29) is 24.8 Å². The molecule has 1 heterocycles. The number of methoxy groups -OCH3 is 1. The van der Waals surface area contributed by atoms with Crippen LogP contribution in [0.2, 0.25) is 5.02 Å². The second kappa shape index (κ2) is 8.31. The highest BCUT2D eigenvalue weighted by Gasteiger charge is 2.36. The fraction of sp³-hybridized carbons (Fsp3) is 0.471. The van der Waals surface area contributed by atoms with Crippen LogP contribution < -0.4 is 10.2 Å². The van der Waals surface area contributed by atoms with Gasteiger partial charge in [0.1, 0.15) is 0 Å². The van der Waals surface area contributed by atoms with Crippen molar-refractivity contribution in [2.24, 2.45) is 5.92 Å². The van der Waals surface area contributed by atoms with E-state index < -0.39 is 11.9 Å². The van der Waals surface area contributed by atoms with E-state index in [0.717, 1.165) is 6.54 Å². The van der Waals surface area contributed by atoms with Gasteiger partial charge in [-0.15, -0.1) is 0 Å². The monoisotopic (exact) mass is 367 g/mol. The number of likely N-dealkylation sites (N-methyl/N-ethyl adjacent to an activating group) is 1. The first-order valence-corrected chi connectivity index (χ1v) is 8.32. The normalized spacial score (nSPS) is 17.1. The number of rotatable bonds is 6. The van der Waals surface area contributed by atoms with Crippen LogP contribution in [0.25, 0.3) is 0 Å². The minimum atomic E-state index is -0.512. The Hall–Kier alpha value is -2.12. The SMILES string of the molecule is COC(=O)c1ccc(Cl)c(N2CC(C(=O)NCCN(C)C)CC2=O)c1. The zero-order valence-electron chi connectivity index (χ0n) is 14.5. The summed E-state index contributed by atoms with van der Waals surface area (Å²) in [6.45, 7) is 1.48. The molecule has 2 rings (SSSR count). The molecule has 0 spiro atoms. The predicted molar refractivity (Wildman–Crippen MR) is 94.8 cm³/mol. The second-order valence-electron chi connectivity index (χ2n) is 6.16. The largest absolute Gasteiger partial charge is 0.465 e. The van der Waals surface area contributed by atoms with Crippen LogP contribution in [0.5, 0.6) is 0 Å². The molecule has 1 unspecified atom stereocenters. The van der Waals surface area contributed by atoms with Crippen LogP contribution >= 0.6 is 11.6 Å². The van der Waals surface area contributed by atoms with Gasteiger partial charge in [0.15, 0.2) is 0 Å². The minimum absolute atomic E-state index is 0.118. The van der Waals surface area contributed by atoms with E-state index in [9.17, 15) is 14.4 Å². The van der Waals surface area contributed by atoms with E-state index in [1.165, 1.54) is 24.1 Å². The summed E-state index contributed by atoms with van der Waals surface area (Å²) in [5, 5.41) is 3.18. The minimum Gasteiger partial charge on any atom is -0.465 e. The maximum Gasteiger partial charge on any atom is 0.337 e. The number of nitrogens with one attached hydrogen (secondary N) is 1. The van der Waals surface area contributed by atoms with Gasteiger partial charge in [-0.25, -0.2) is 4.79 Å². The number of anilines is 1. The van der Waals surface area contributed by atoms with E-state index in [0.29, 0.717) is 22.8 Å². The maximum absolute atomic E-state index is 12.3. The Morgan fingerprint density at radius 1 is 1.40 bits per heavy atom. The van der Waals surface area contributed by atoms with Crippen LogP contribution in [0.3, 0.4) is 0 Å². The third kappa shape index (κ3) is 4.70. The van der Waals surface area contributed by atoms with Gasteiger partial charge >= 0.3 is 5.97 Å². The summed E-state index contributed by atoms with van der Waals surface area (Å²) in [6.07, 6.45) is 0.118. The number of halogens is 1. The quantitative estimate of drug-likeness (QED) is 0.763. The van der Waals surface area contributed by atoms with E-state index >= 15 is 0 Å². The van der Waals surface area contributed by atoms with Gasteiger partial charge in [-0.05, 0) is 32.3 Å². The Balaban J connectivity index is 2.10. The van der Waals surface area contributed by atoms with Crippen LogP contribution in [-0.4, -0.2) is 63.5 Å². The van der Waals surface area contributed by atoms with E-state index in [4.69, 9.17) is 11.6 Å². The molecule has 2 amide bonds. The number of carbonyl (C=O) groups excluding carboxylic acids is 3. The smallest absolute Gasteiger partial charge is 0.337 e. The summed E-state index contributed by atoms with van der Waals surface area (Å²) in [5.41, 5.74) is 0.715. The first kappa shape index (κ1) is 19.2. The second-order valence-corrected chi connectivity index (χ2v) is 6.56. The molecule has 0 saturated carbocycles. The summed E-state index contributed by atoms with van der Waals surface area (Å²) in [4.78, 5) is 39.7. The van der Waals surface area contributed by atoms with E-state index in [1.54, 1.807) is 6.07 Å². The number of amides is 2. The molecule has 1 atom stereocenters. The molecule has 0 aromatic heterocycles. The molecule has 0 radical (unpaired) electrons. The maximum atomic E-state index is 12.3. The van der Waals surface area contributed by atoms with Crippen molar-refractivity contribution in [2.45, 2.75) is 6.42 Å². The van der Waals surface area contributed by atoms with Gasteiger partial charge in [0, 0.05) is 26.1 Å². The lowest BCUT2D eigenvalue weighted by atomic mass is 10.1. The Labute approximate surface area is 151 Å². The molecule has 1 aromatic rings. The van der Waals surface area contributed by atoms with Crippen LogP contribution in [0.4, 0.5) is 5.69 Å². The predicted octanol–water partition coefficient (Wildman–Crippen LogP) is 1.16. The van der Waals surface area contributed by atoms with Gasteiger partial charge in [-0.2, -0.15) is 0 Å². The van der Waals surface area contributed by atoms with Crippen LogP contribution in [0.1, 0.15) is 16.8 Å². The lowest BCUT2D eigenvalue weighted by molar-refractivity contribution is -0.126. The number of nitrogens with zero attached hydrogens (tertiary/aromatic N) is 2. The molecular weight excluding hydrogens is 346 g/mol. The molecule has 1 saturated heterocycles. The average Bonchev–Trinajstić information content (AvgIpc) is 2.96. The van der Waals surface area contributed by atoms with Crippen LogP contribution in [0, 0.1) is 5.92 Å². The number of hydrogen-bond acceptors (Lipinski definition) is 5. The number of carbonyl (C=O) groups is 3. The zero-order valence-corrected chi connectivity index (χ0v) is 15.3. The Morgan fingerprint density at radius 3 is 2.76 bits per heavy atom. The van der Waals surface area contributed by atoms with Crippen molar-refractivity contribution in [3.63, 3.8) is 0 Å². The highest BCUT2D eigenvalue weighted by Crippen LogP contribution is 2.32. The van der Waals surface area contributed by atoms with Gasteiger partial charge in [0.05, 0.1) is 29.3 Å². The molecule has 0 bridgehead atoms. The van der Waals surface area contributed by atoms with Crippen molar-refractivity contribution in [3.05, 3.63) is 28.8 Å². The topological polar surface area (TPSA) is 79.0 Å². The van der Waals surface area contributed by atoms with Crippen molar-refractivity contribution < 1.29 is 19.1 Å². The number of ether oxygens (including phenoxy) is 1. The summed E-state index contributed by atoms with van der Waals surface area (Å²) < 4.78 is 4.69. The lowest BCUT2D eigenvalue weighted by Gasteiger charge is -2.19. The molecule has 25 heavy (non-hydrogen) atoms. The lowest BCUT2D eigenvalue weighted by Crippen LogP contribution is -2.36. The molecule has 1 fully saturated rings. The molecule has 8 heteroatoms. The van der Waals surface area contributed by atoms with Gasteiger partial charge in [0.2, 0.25) is 11.8 Å². The van der Waals surface area contributed by atoms with Crippen molar-refractivity contribution in [1.29, 1.82) is 0 Å². The third-order valence-electron chi connectivity index (χ3n) is 4.01. The van der Waals surface area contributed by atoms with Gasteiger partial charge in [-0.3, -0.25) is 9.59 Å². The van der Waals surface area contributed by atoms with Crippen molar-refractivity contribution >= 4 is 35.1 Å². The molecule has 7 nitrogen and oxygen atoms in total. The van der Waals surface area contributed by atoms with Crippen molar-refractivity contribution in [2.75, 3.05) is 45.7 Å². The highest BCUT2D eigenvalue weighted by molar-refractivity contribution is 6.34. The zero-order chi connectivity index (χ0) is 18.6. The Morgan fingerprint density at radius 2 is 2.12 bits per heavy atom. The van der Waals surface area contributed by atoms with Gasteiger partial charge in [0.25, 0.3) is 0 Å². The molecule has 1 aromatic carbocycles. The van der Waals surface area contributed by atoms with Crippen LogP contribution in [-0.2, 0) is 14.3 Å². The highest BCUT2D eigenvalue weighted by atomic mass is 35.5. The van der Waals surface area contributed by atoms with Gasteiger partial charge < -0.3 is 19.9 Å². The molecule has 0 aliphatic carbocycles. The van der Waals surface area contributed by atoms with Gasteiger partial charge in [-0.1, -0.05) is 11.6 Å². The molecule has 1 aliphatic rings. The van der Waals surface area contributed by atoms with Crippen molar-refractivity contribution in [1.82, 2.24) is 10.2 Å². The van der Waals surface area contributed by atoms with E-state index in [2.05, 4.69) is 10.1 Å². The van der Waals surface area contributed by atoms with Crippen LogP contribution in [0.15, 0.2) is 18.2 Å². The number of hydrogen-bond donors (Lipinski definition) is 1. The first-order chi connectivity index (χ1) is 11.8. The molecule has 1 N–H and O–H groups in total. The standard InChI is InChI=1S/C17H22ClN3O4/c1-20(2)7-6-19-16(23)12-9-15(22)21(10-12)14-8-11(17(24)25-3)4-5-13(14)18/h4-5,8,12H,6-7,9-10H2,1-3H3,(H,19,23). The van der Waals surface area contributed by atoms with E-state index in [1.807, 2.05) is 19.0 Å². The fourth-order valence-corrected chi connectivity index (χ4v) is 2.85. The fourth-order valence-electron chi connectivity index (χ4n) is 2.63. The summed E-state index contributed by atoms with van der Waals surface area (Å²) in [7, 11) is 5.12. The Bertz CT molecular complexity index is 678. The summed E-state index contributed by atoms with van der Waals surface area (Å²) in [6, 6.07) is 4.59. The Kier molecular flexibility index (Phi) is 6.39. The molecule has 1 aliphatic heterocycles. The summed E-state index contributed by atoms with van der Waals surface area (Å²) in [5.74, 6) is -1.30. The third-order valence-corrected chi connectivity index (χ3v) is 4.33. The number of benzene rings is 1. The number of esters is 1. The molecular formula is C17H22ClN3O4. The molecule has 136 valence electrons. The van der Waals surface area contributed by atoms with Crippen molar-refractivity contribution in [3.8, 4) is 0 Å². The first-order valence-electron chi connectivity index (χ1n) is 7.94.